The van der Waals surface area contributed by atoms with Crippen LogP contribution in [0.3, 0.4) is 0 Å². The molecule has 3 amide bonds. The normalized spacial score (nSPS) is 16.0. The van der Waals surface area contributed by atoms with E-state index in [9.17, 15) is 9.59 Å². The van der Waals surface area contributed by atoms with Crippen LogP contribution >= 0.6 is 0 Å². The Balaban J connectivity index is 1.62. The molecule has 3 heterocycles. The Morgan fingerprint density at radius 1 is 1.10 bits per heavy atom. The number of nitrogens with two attached hydrogens (primary N) is 1. The van der Waals surface area contributed by atoms with Crippen molar-refractivity contribution in [3.05, 3.63) is 72.2 Å². The van der Waals surface area contributed by atoms with Crippen molar-refractivity contribution in [3.8, 4) is 0 Å². The second-order valence-electron chi connectivity index (χ2n) is 7.62. The van der Waals surface area contributed by atoms with Gasteiger partial charge in [-0.1, -0.05) is 36.4 Å². The Morgan fingerprint density at radius 3 is 2.45 bits per heavy atom. The van der Waals surface area contributed by atoms with Crippen LogP contribution in [0.15, 0.2) is 60.9 Å². The number of likely N-dealkylation sites (N-methyl/N-ethyl adjacent to an activating group) is 1. The summed E-state index contributed by atoms with van der Waals surface area (Å²) in [6.07, 6.45) is 5.64. The van der Waals surface area contributed by atoms with E-state index < -0.39 is 6.03 Å². The van der Waals surface area contributed by atoms with E-state index in [1.807, 2.05) is 51.9 Å². The molecular formula is C22H25N5O2. The summed E-state index contributed by atoms with van der Waals surface area (Å²) >= 11 is 0. The molecule has 3 aromatic rings. The number of carbonyl (C=O) groups excluding carboxylic acids is 2. The quantitative estimate of drug-likeness (QED) is 0.740. The van der Waals surface area contributed by atoms with Gasteiger partial charge in [-0.15, -0.1) is 0 Å². The first kappa shape index (κ1) is 19.0. The number of nitrogens with zero attached hydrogens (tertiary/aromatic N) is 4. The van der Waals surface area contributed by atoms with Gasteiger partial charge < -0.3 is 19.9 Å². The average molecular weight is 391 g/mol. The second kappa shape index (κ2) is 7.58. The van der Waals surface area contributed by atoms with Gasteiger partial charge in [0, 0.05) is 37.9 Å². The molecule has 1 fully saturated rings. The summed E-state index contributed by atoms with van der Waals surface area (Å²) < 4.78 is 2.04. The SMILES string of the molecule is CN(CC(=O)N1CCC(c2ccccc2)(c2cn3ccccc3n2)CC1)C(N)=O. The third-order valence-corrected chi connectivity index (χ3v) is 5.90. The van der Waals surface area contributed by atoms with Gasteiger partial charge in [-0.2, -0.15) is 0 Å². The van der Waals surface area contributed by atoms with Crippen LogP contribution in [0.4, 0.5) is 4.79 Å². The van der Waals surface area contributed by atoms with E-state index in [0.717, 1.165) is 24.2 Å². The molecule has 1 aromatic carbocycles. The lowest BCUT2D eigenvalue weighted by Gasteiger charge is -2.41. The molecule has 0 radical (unpaired) electrons. The zero-order valence-corrected chi connectivity index (χ0v) is 16.5. The predicted molar refractivity (Wildman–Crippen MR) is 110 cm³/mol. The minimum Gasteiger partial charge on any atom is -0.351 e. The summed E-state index contributed by atoms with van der Waals surface area (Å²) in [5, 5.41) is 0. The molecule has 0 atom stereocenters. The number of benzene rings is 1. The summed E-state index contributed by atoms with van der Waals surface area (Å²) in [5.41, 5.74) is 8.15. The average Bonchev–Trinajstić information content (AvgIpc) is 3.19. The van der Waals surface area contributed by atoms with Gasteiger partial charge >= 0.3 is 6.03 Å². The lowest BCUT2D eigenvalue weighted by Crippen LogP contribution is -2.49. The summed E-state index contributed by atoms with van der Waals surface area (Å²) in [7, 11) is 1.54. The molecule has 1 saturated heterocycles. The maximum Gasteiger partial charge on any atom is 0.314 e. The number of aromatic nitrogens is 2. The Labute approximate surface area is 169 Å². The molecule has 4 rings (SSSR count). The van der Waals surface area contributed by atoms with Crippen molar-refractivity contribution in [2.45, 2.75) is 18.3 Å². The smallest absolute Gasteiger partial charge is 0.314 e. The molecule has 2 N–H and O–H groups in total. The van der Waals surface area contributed by atoms with Gasteiger partial charge in [0.15, 0.2) is 0 Å². The van der Waals surface area contributed by atoms with Crippen molar-refractivity contribution in [1.29, 1.82) is 0 Å². The van der Waals surface area contributed by atoms with Crippen molar-refractivity contribution in [2.75, 3.05) is 26.7 Å². The summed E-state index contributed by atoms with van der Waals surface area (Å²) in [6.45, 7) is 1.21. The number of primary amides is 1. The molecule has 1 aliphatic rings. The minimum absolute atomic E-state index is 0.00202. The summed E-state index contributed by atoms with van der Waals surface area (Å²) in [4.78, 5) is 31.8. The largest absolute Gasteiger partial charge is 0.351 e. The molecule has 29 heavy (non-hydrogen) atoms. The van der Waals surface area contributed by atoms with Crippen molar-refractivity contribution in [2.24, 2.45) is 5.73 Å². The first-order valence-corrected chi connectivity index (χ1v) is 9.78. The van der Waals surface area contributed by atoms with Crippen molar-refractivity contribution < 1.29 is 9.59 Å². The monoisotopic (exact) mass is 391 g/mol. The van der Waals surface area contributed by atoms with Gasteiger partial charge in [0.2, 0.25) is 5.91 Å². The van der Waals surface area contributed by atoms with Crippen LogP contribution in [0.2, 0.25) is 0 Å². The molecule has 0 bridgehead atoms. The number of piperidine rings is 1. The fourth-order valence-electron chi connectivity index (χ4n) is 4.13. The number of carbonyl (C=O) groups is 2. The molecular weight excluding hydrogens is 366 g/mol. The molecule has 7 heteroatoms. The van der Waals surface area contributed by atoms with E-state index in [-0.39, 0.29) is 17.9 Å². The minimum atomic E-state index is -0.598. The first-order chi connectivity index (χ1) is 14.0. The number of fused-ring (bicyclic) bond motifs is 1. The number of imidazole rings is 1. The van der Waals surface area contributed by atoms with E-state index in [1.54, 1.807) is 0 Å². The number of hydrogen-bond acceptors (Lipinski definition) is 3. The molecule has 0 saturated carbocycles. The van der Waals surface area contributed by atoms with Gasteiger partial charge in [0.05, 0.1) is 5.69 Å². The standard InChI is InChI=1S/C22H25N5O2/c1-25(21(23)29)16-20(28)26-13-10-22(11-14-26,17-7-3-2-4-8-17)18-15-27-12-6-5-9-19(27)24-18/h2-9,12,15H,10-11,13-14,16H2,1H3,(H2,23,29). The molecule has 150 valence electrons. The lowest BCUT2D eigenvalue weighted by atomic mass is 9.70. The number of urea groups is 1. The fraction of sp³-hybridized carbons (Fsp3) is 0.318. The van der Waals surface area contributed by atoms with Crippen molar-refractivity contribution in [1.82, 2.24) is 19.2 Å². The van der Waals surface area contributed by atoms with E-state index in [1.165, 1.54) is 17.5 Å². The van der Waals surface area contributed by atoms with Crippen LogP contribution < -0.4 is 5.73 Å². The highest BCUT2D eigenvalue weighted by atomic mass is 16.2. The number of pyridine rings is 1. The van der Waals surface area contributed by atoms with Gasteiger partial charge in [0.1, 0.15) is 12.2 Å². The number of amides is 3. The van der Waals surface area contributed by atoms with Gasteiger partial charge in [-0.05, 0) is 30.5 Å². The van der Waals surface area contributed by atoms with Crippen LogP contribution in [0, 0.1) is 0 Å². The number of hydrogen-bond donors (Lipinski definition) is 1. The first-order valence-electron chi connectivity index (χ1n) is 9.78. The maximum atomic E-state index is 12.6. The van der Waals surface area contributed by atoms with Crippen LogP contribution in [0.5, 0.6) is 0 Å². The molecule has 0 spiro atoms. The number of likely N-dealkylation sites (tertiary alicyclic amines) is 1. The molecule has 7 nitrogen and oxygen atoms in total. The summed E-state index contributed by atoms with van der Waals surface area (Å²) in [5.74, 6) is -0.0806. The zero-order valence-electron chi connectivity index (χ0n) is 16.5. The fourth-order valence-corrected chi connectivity index (χ4v) is 4.13. The molecule has 0 aliphatic carbocycles. The zero-order chi connectivity index (χ0) is 20.4. The van der Waals surface area contributed by atoms with Crippen molar-refractivity contribution in [3.63, 3.8) is 0 Å². The Hall–Kier alpha value is -3.35. The van der Waals surface area contributed by atoms with Crippen LogP contribution in [0.1, 0.15) is 24.1 Å². The predicted octanol–water partition coefficient (Wildman–Crippen LogP) is 2.25. The topological polar surface area (TPSA) is 83.9 Å². The summed E-state index contributed by atoms with van der Waals surface area (Å²) in [6, 6.07) is 15.8. The Kier molecular flexibility index (Phi) is 4.96. The van der Waals surface area contributed by atoms with E-state index in [2.05, 4.69) is 18.3 Å². The number of rotatable bonds is 4. The lowest BCUT2D eigenvalue weighted by molar-refractivity contribution is -0.133. The van der Waals surface area contributed by atoms with Crippen LogP contribution in [-0.4, -0.2) is 57.8 Å². The molecule has 0 unspecified atom stereocenters. The highest BCUT2D eigenvalue weighted by Crippen LogP contribution is 2.41. The van der Waals surface area contributed by atoms with E-state index in [4.69, 9.17) is 10.7 Å². The van der Waals surface area contributed by atoms with Gasteiger partial charge in [0.25, 0.3) is 0 Å². The van der Waals surface area contributed by atoms with E-state index >= 15 is 0 Å². The van der Waals surface area contributed by atoms with Crippen molar-refractivity contribution >= 4 is 17.6 Å². The Bertz CT molecular complexity index is 989. The Morgan fingerprint density at radius 2 is 1.79 bits per heavy atom. The van der Waals surface area contributed by atoms with Crippen LogP contribution in [-0.2, 0) is 10.2 Å². The maximum absolute atomic E-state index is 12.6. The molecule has 2 aromatic heterocycles. The third kappa shape index (κ3) is 3.55. The van der Waals surface area contributed by atoms with Gasteiger partial charge in [-0.25, -0.2) is 9.78 Å². The third-order valence-electron chi connectivity index (χ3n) is 5.90. The second-order valence-corrected chi connectivity index (χ2v) is 7.62. The highest BCUT2D eigenvalue weighted by molar-refractivity contribution is 5.83. The van der Waals surface area contributed by atoms with E-state index in [0.29, 0.717) is 13.1 Å². The highest BCUT2D eigenvalue weighted by Gasteiger charge is 2.41. The molecule has 1 aliphatic heterocycles. The van der Waals surface area contributed by atoms with Crippen LogP contribution in [0.25, 0.3) is 5.65 Å². The van der Waals surface area contributed by atoms with Gasteiger partial charge in [-0.3, -0.25) is 4.79 Å².